The third-order valence-corrected chi connectivity index (χ3v) is 2.44. The number of amides is 1. The minimum atomic E-state index is -1.15. The highest BCUT2D eigenvalue weighted by atomic mass is 16.4. The van der Waals surface area contributed by atoms with Gasteiger partial charge in [-0.1, -0.05) is 18.2 Å². The normalized spacial score (nSPS) is 9.89. The highest BCUT2D eigenvalue weighted by molar-refractivity contribution is 6.01. The van der Waals surface area contributed by atoms with Crippen LogP contribution in [0.3, 0.4) is 0 Å². The number of carboxylic acid groups (broad SMARTS) is 1. The third kappa shape index (κ3) is 3.64. The van der Waals surface area contributed by atoms with Gasteiger partial charge in [-0.2, -0.15) is 0 Å². The lowest BCUT2D eigenvalue weighted by molar-refractivity contribution is -0.139. The van der Waals surface area contributed by atoms with Crippen molar-refractivity contribution in [2.75, 3.05) is 5.32 Å². The van der Waals surface area contributed by atoms with Gasteiger partial charge in [0.15, 0.2) is 0 Å². The predicted octanol–water partition coefficient (Wildman–Crippen LogP) is 2.16. The Kier molecular flexibility index (Phi) is 3.87. The second-order valence-corrected chi connectivity index (χ2v) is 3.91. The minimum absolute atomic E-state index is 0.540. The van der Waals surface area contributed by atoms with Crippen molar-refractivity contribution in [1.82, 2.24) is 4.98 Å². The lowest BCUT2D eigenvalue weighted by atomic mass is 10.1. The van der Waals surface area contributed by atoms with Crippen LogP contribution in [0.2, 0.25) is 0 Å². The van der Waals surface area contributed by atoms with Crippen LogP contribution < -0.4 is 5.32 Å². The van der Waals surface area contributed by atoms with Crippen LogP contribution in [0, 0.1) is 0 Å². The van der Waals surface area contributed by atoms with Gasteiger partial charge >= 0.3 is 5.97 Å². The zero-order valence-electron chi connectivity index (χ0n) is 10.0. The van der Waals surface area contributed by atoms with E-state index in [0.717, 1.165) is 11.3 Å². The van der Waals surface area contributed by atoms with E-state index in [2.05, 4.69) is 10.3 Å². The zero-order chi connectivity index (χ0) is 13.7. The van der Waals surface area contributed by atoms with Crippen molar-refractivity contribution < 1.29 is 14.7 Å². The Bertz CT molecular complexity index is 579. The van der Waals surface area contributed by atoms with E-state index >= 15 is 0 Å². The lowest BCUT2D eigenvalue weighted by Crippen LogP contribution is -2.15. The van der Waals surface area contributed by atoms with Crippen molar-refractivity contribution in [1.29, 1.82) is 0 Å². The maximum atomic E-state index is 11.3. The summed E-state index contributed by atoms with van der Waals surface area (Å²) in [6, 6.07) is 12.7. The number of nitrogens with zero attached hydrogens (tertiary/aromatic N) is 1. The summed E-state index contributed by atoms with van der Waals surface area (Å²) < 4.78 is 0. The summed E-state index contributed by atoms with van der Waals surface area (Å²) in [5.41, 5.74) is 2.33. The molecule has 0 aliphatic heterocycles. The van der Waals surface area contributed by atoms with E-state index in [1.165, 1.54) is 0 Å². The molecule has 19 heavy (non-hydrogen) atoms. The van der Waals surface area contributed by atoms with Crippen LogP contribution >= 0.6 is 0 Å². The second-order valence-electron chi connectivity index (χ2n) is 3.91. The number of rotatable bonds is 4. The molecule has 0 unspecified atom stereocenters. The molecular formula is C14H12N2O3. The van der Waals surface area contributed by atoms with Crippen LogP contribution in [-0.2, 0) is 9.59 Å². The minimum Gasteiger partial charge on any atom is -0.481 e. The standard InChI is InChI=1S/C14H12N2O3/c17-13(9-14(18)19)16-11-6-4-10(5-7-11)12-3-1-2-8-15-12/h1-8H,9H2,(H,16,17)(H,18,19). The molecule has 2 N–H and O–H groups in total. The van der Waals surface area contributed by atoms with Gasteiger partial charge in [0.2, 0.25) is 5.91 Å². The number of carbonyl (C=O) groups is 2. The Morgan fingerprint density at radius 2 is 1.84 bits per heavy atom. The van der Waals surface area contributed by atoms with Gasteiger partial charge in [-0.3, -0.25) is 14.6 Å². The van der Waals surface area contributed by atoms with E-state index in [-0.39, 0.29) is 0 Å². The topological polar surface area (TPSA) is 79.3 Å². The first-order chi connectivity index (χ1) is 9.15. The molecular weight excluding hydrogens is 244 g/mol. The van der Waals surface area contributed by atoms with Crippen molar-refractivity contribution in [3.05, 3.63) is 48.7 Å². The Labute approximate surface area is 109 Å². The summed E-state index contributed by atoms with van der Waals surface area (Å²) in [7, 11) is 0. The van der Waals surface area contributed by atoms with Crippen LogP contribution in [0.15, 0.2) is 48.7 Å². The van der Waals surface area contributed by atoms with E-state index in [1.807, 2.05) is 30.3 Å². The molecule has 0 aliphatic carbocycles. The Morgan fingerprint density at radius 1 is 1.11 bits per heavy atom. The molecule has 0 spiro atoms. The molecule has 2 aromatic rings. The molecule has 2 rings (SSSR count). The maximum absolute atomic E-state index is 11.3. The van der Waals surface area contributed by atoms with Crippen LogP contribution in [0.5, 0.6) is 0 Å². The maximum Gasteiger partial charge on any atom is 0.312 e. The van der Waals surface area contributed by atoms with Gasteiger partial charge < -0.3 is 10.4 Å². The van der Waals surface area contributed by atoms with Crippen LogP contribution in [0.4, 0.5) is 5.69 Å². The Morgan fingerprint density at radius 3 is 2.42 bits per heavy atom. The van der Waals surface area contributed by atoms with Gasteiger partial charge in [0.05, 0.1) is 5.69 Å². The number of aromatic nitrogens is 1. The smallest absolute Gasteiger partial charge is 0.312 e. The number of pyridine rings is 1. The van der Waals surface area contributed by atoms with Crippen LogP contribution in [-0.4, -0.2) is 22.0 Å². The zero-order valence-corrected chi connectivity index (χ0v) is 10.0. The molecule has 1 heterocycles. The van der Waals surface area contributed by atoms with Crippen LogP contribution in [0.1, 0.15) is 6.42 Å². The Hall–Kier alpha value is -2.69. The number of nitrogens with one attached hydrogen (secondary N) is 1. The average Bonchev–Trinajstić information content (AvgIpc) is 2.39. The summed E-state index contributed by atoms with van der Waals surface area (Å²) in [4.78, 5) is 25.9. The molecule has 0 atom stereocenters. The molecule has 0 radical (unpaired) electrons. The summed E-state index contributed by atoms with van der Waals surface area (Å²) in [5.74, 6) is -1.69. The molecule has 0 saturated heterocycles. The molecule has 5 nitrogen and oxygen atoms in total. The molecule has 1 aromatic heterocycles. The fraction of sp³-hybridized carbons (Fsp3) is 0.0714. The van der Waals surface area contributed by atoms with Gasteiger partial charge in [-0.15, -0.1) is 0 Å². The monoisotopic (exact) mass is 256 g/mol. The van der Waals surface area contributed by atoms with E-state index < -0.39 is 18.3 Å². The van der Waals surface area contributed by atoms with E-state index in [1.54, 1.807) is 18.3 Å². The van der Waals surface area contributed by atoms with E-state index in [9.17, 15) is 9.59 Å². The number of anilines is 1. The first-order valence-corrected chi connectivity index (χ1v) is 5.68. The average molecular weight is 256 g/mol. The van der Waals surface area contributed by atoms with Gasteiger partial charge in [0, 0.05) is 17.4 Å². The van der Waals surface area contributed by atoms with Crippen molar-refractivity contribution >= 4 is 17.6 Å². The second kappa shape index (κ2) is 5.77. The number of aliphatic carboxylic acids is 1. The van der Waals surface area contributed by atoms with Crippen molar-refractivity contribution in [2.24, 2.45) is 0 Å². The molecule has 1 aromatic carbocycles. The van der Waals surface area contributed by atoms with Crippen molar-refractivity contribution in [2.45, 2.75) is 6.42 Å². The molecule has 96 valence electrons. The molecule has 0 saturated carbocycles. The van der Waals surface area contributed by atoms with Gasteiger partial charge in [0.1, 0.15) is 6.42 Å². The van der Waals surface area contributed by atoms with Crippen molar-refractivity contribution in [3.63, 3.8) is 0 Å². The number of carboxylic acids is 1. The SMILES string of the molecule is O=C(O)CC(=O)Nc1ccc(-c2ccccn2)cc1. The third-order valence-electron chi connectivity index (χ3n) is 2.44. The van der Waals surface area contributed by atoms with Crippen molar-refractivity contribution in [3.8, 4) is 11.3 Å². The highest BCUT2D eigenvalue weighted by Crippen LogP contribution is 2.18. The van der Waals surface area contributed by atoms with E-state index in [0.29, 0.717) is 5.69 Å². The van der Waals surface area contributed by atoms with Crippen LogP contribution in [0.25, 0.3) is 11.3 Å². The van der Waals surface area contributed by atoms with Gasteiger partial charge in [0.25, 0.3) is 0 Å². The number of benzene rings is 1. The highest BCUT2D eigenvalue weighted by Gasteiger charge is 2.07. The number of carbonyl (C=O) groups excluding carboxylic acids is 1. The quantitative estimate of drug-likeness (QED) is 0.821. The fourth-order valence-electron chi connectivity index (χ4n) is 1.60. The van der Waals surface area contributed by atoms with Gasteiger partial charge in [-0.25, -0.2) is 0 Å². The number of hydrogen-bond donors (Lipinski definition) is 2. The fourth-order valence-corrected chi connectivity index (χ4v) is 1.60. The summed E-state index contributed by atoms with van der Waals surface area (Å²) >= 11 is 0. The number of hydrogen-bond acceptors (Lipinski definition) is 3. The first-order valence-electron chi connectivity index (χ1n) is 5.68. The summed E-state index contributed by atoms with van der Waals surface area (Å²) in [6.07, 6.45) is 1.17. The lowest BCUT2D eigenvalue weighted by Gasteiger charge is -2.05. The Balaban J connectivity index is 2.07. The first kappa shape index (κ1) is 12.8. The van der Waals surface area contributed by atoms with Gasteiger partial charge in [-0.05, 0) is 24.3 Å². The molecule has 0 fully saturated rings. The summed E-state index contributed by atoms with van der Waals surface area (Å²) in [6.45, 7) is 0. The largest absolute Gasteiger partial charge is 0.481 e. The molecule has 1 amide bonds. The molecule has 0 aliphatic rings. The van der Waals surface area contributed by atoms with E-state index in [4.69, 9.17) is 5.11 Å². The summed E-state index contributed by atoms with van der Waals surface area (Å²) in [5, 5.41) is 11.0. The predicted molar refractivity (Wildman–Crippen MR) is 70.6 cm³/mol. The molecule has 5 heteroatoms. The molecule has 0 bridgehead atoms.